The van der Waals surface area contributed by atoms with Crippen molar-refractivity contribution in [2.24, 2.45) is 0 Å². The monoisotopic (exact) mass is 306 g/mol. The van der Waals surface area contributed by atoms with Crippen molar-refractivity contribution >= 4 is 11.8 Å². The number of benzene rings is 2. The van der Waals surface area contributed by atoms with E-state index in [0.717, 1.165) is 11.1 Å². The number of esters is 1. The van der Waals surface area contributed by atoms with Crippen molar-refractivity contribution in [2.45, 2.75) is 12.6 Å². The van der Waals surface area contributed by atoms with Crippen molar-refractivity contribution in [1.82, 2.24) is 5.16 Å². The number of carbonyl (C=O) groups is 1. The van der Waals surface area contributed by atoms with Gasteiger partial charge in [-0.15, -0.1) is 0 Å². The number of carbonyl (C=O) groups excluding carboxylic acids is 1. The van der Waals surface area contributed by atoms with Gasteiger partial charge in [0.2, 0.25) is 5.72 Å². The standard InChI is InChI=1S/C18H14N2O3/c1-12-11-16(20-23-12)19-18(13-7-3-2-4-8-13)15-10-6-5-9-14(15)17(21)22-18/h2-11H,1H3,(H,19,20)/t18-/m0/s1. The van der Waals surface area contributed by atoms with Crippen LogP contribution in [0.2, 0.25) is 0 Å². The van der Waals surface area contributed by atoms with Gasteiger partial charge in [-0.05, 0) is 13.0 Å². The Morgan fingerprint density at radius 2 is 1.78 bits per heavy atom. The van der Waals surface area contributed by atoms with Crippen molar-refractivity contribution in [3.05, 3.63) is 83.1 Å². The molecule has 0 saturated carbocycles. The number of anilines is 1. The van der Waals surface area contributed by atoms with Crippen molar-refractivity contribution in [1.29, 1.82) is 0 Å². The van der Waals surface area contributed by atoms with E-state index in [1.165, 1.54) is 0 Å². The molecule has 0 amide bonds. The van der Waals surface area contributed by atoms with Gasteiger partial charge in [-0.2, -0.15) is 0 Å². The summed E-state index contributed by atoms with van der Waals surface area (Å²) in [5.41, 5.74) is 1.01. The molecule has 5 nitrogen and oxygen atoms in total. The van der Waals surface area contributed by atoms with Crippen molar-refractivity contribution < 1.29 is 14.1 Å². The fraction of sp³-hybridized carbons (Fsp3) is 0.111. The first-order valence-electron chi connectivity index (χ1n) is 7.29. The van der Waals surface area contributed by atoms with E-state index in [1.807, 2.05) is 55.5 Å². The molecule has 23 heavy (non-hydrogen) atoms. The molecule has 0 unspecified atom stereocenters. The third kappa shape index (κ3) is 2.09. The number of aryl methyl sites for hydroxylation is 1. The number of rotatable bonds is 3. The molecule has 0 bridgehead atoms. The fourth-order valence-corrected chi connectivity index (χ4v) is 2.88. The topological polar surface area (TPSA) is 64.4 Å². The van der Waals surface area contributed by atoms with Gasteiger partial charge < -0.3 is 14.6 Å². The predicted molar refractivity (Wildman–Crippen MR) is 83.9 cm³/mol. The normalized spacial score (nSPS) is 19.3. The smallest absolute Gasteiger partial charge is 0.341 e. The van der Waals surface area contributed by atoms with Crippen LogP contribution in [0.4, 0.5) is 5.82 Å². The van der Waals surface area contributed by atoms with Crippen LogP contribution in [0.1, 0.15) is 27.2 Å². The van der Waals surface area contributed by atoms with E-state index >= 15 is 0 Å². The molecule has 1 N–H and O–H groups in total. The Kier molecular flexibility index (Phi) is 2.94. The number of ether oxygens (including phenoxy) is 1. The molecule has 2 aromatic carbocycles. The average molecular weight is 306 g/mol. The summed E-state index contributed by atoms with van der Waals surface area (Å²) in [6, 6.07) is 18.7. The van der Waals surface area contributed by atoms with Gasteiger partial charge >= 0.3 is 5.97 Å². The van der Waals surface area contributed by atoms with Crippen LogP contribution >= 0.6 is 0 Å². The summed E-state index contributed by atoms with van der Waals surface area (Å²) in [5.74, 6) is 0.821. The highest BCUT2D eigenvalue weighted by Gasteiger charge is 2.47. The molecular weight excluding hydrogens is 292 g/mol. The molecule has 114 valence electrons. The van der Waals surface area contributed by atoms with Crippen LogP contribution in [0.25, 0.3) is 0 Å². The zero-order chi connectivity index (χ0) is 15.9. The summed E-state index contributed by atoms with van der Waals surface area (Å²) >= 11 is 0. The molecule has 0 aliphatic carbocycles. The average Bonchev–Trinajstić information content (AvgIpc) is 3.11. The van der Waals surface area contributed by atoms with E-state index in [2.05, 4.69) is 10.5 Å². The molecule has 0 saturated heterocycles. The molecule has 5 heteroatoms. The maximum Gasteiger partial charge on any atom is 0.341 e. The first kappa shape index (κ1) is 13.6. The maximum absolute atomic E-state index is 12.3. The quantitative estimate of drug-likeness (QED) is 0.751. The number of cyclic esters (lactones) is 1. The number of aromatic nitrogens is 1. The minimum absolute atomic E-state index is 0.364. The molecule has 0 radical (unpaired) electrons. The first-order valence-corrected chi connectivity index (χ1v) is 7.29. The minimum Gasteiger partial charge on any atom is -0.427 e. The lowest BCUT2D eigenvalue weighted by atomic mass is 9.93. The first-order chi connectivity index (χ1) is 11.2. The van der Waals surface area contributed by atoms with Crippen molar-refractivity contribution in [3.63, 3.8) is 0 Å². The number of hydrogen-bond acceptors (Lipinski definition) is 5. The molecule has 4 rings (SSSR count). The third-order valence-corrected chi connectivity index (χ3v) is 3.88. The second-order valence-electron chi connectivity index (χ2n) is 5.43. The van der Waals surface area contributed by atoms with Crippen LogP contribution in [0, 0.1) is 6.92 Å². The van der Waals surface area contributed by atoms with Crippen LogP contribution in [0.15, 0.2) is 65.2 Å². The number of nitrogens with one attached hydrogen (secondary N) is 1. The summed E-state index contributed by atoms with van der Waals surface area (Å²) in [7, 11) is 0. The van der Waals surface area contributed by atoms with Gasteiger partial charge in [0.25, 0.3) is 0 Å². The Labute approximate surface area is 132 Å². The van der Waals surface area contributed by atoms with Crippen LogP contribution in [0.3, 0.4) is 0 Å². The van der Waals surface area contributed by atoms with Crippen molar-refractivity contribution in [2.75, 3.05) is 5.32 Å². The molecule has 0 fully saturated rings. The summed E-state index contributed by atoms with van der Waals surface area (Å²) in [5, 5.41) is 7.20. The number of fused-ring (bicyclic) bond motifs is 1. The van der Waals surface area contributed by atoms with Gasteiger partial charge in [0.1, 0.15) is 5.76 Å². The summed E-state index contributed by atoms with van der Waals surface area (Å²) in [4.78, 5) is 12.3. The predicted octanol–water partition coefficient (Wildman–Crippen LogP) is 3.47. The number of hydrogen-bond donors (Lipinski definition) is 1. The Balaban J connectivity index is 1.91. The molecule has 1 atom stereocenters. The summed E-state index contributed by atoms with van der Waals surface area (Å²) in [6.45, 7) is 1.81. The molecule has 1 aromatic heterocycles. The van der Waals surface area contributed by atoms with E-state index in [0.29, 0.717) is 17.1 Å². The van der Waals surface area contributed by atoms with E-state index < -0.39 is 5.72 Å². The highest BCUT2D eigenvalue weighted by molar-refractivity contribution is 5.95. The maximum atomic E-state index is 12.3. The highest BCUT2D eigenvalue weighted by atomic mass is 16.6. The van der Waals surface area contributed by atoms with Crippen LogP contribution in [-0.4, -0.2) is 11.1 Å². The summed E-state index contributed by atoms with van der Waals surface area (Å²) < 4.78 is 10.9. The van der Waals surface area contributed by atoms with Gasteiger partial charge in [-0.25, -0.2) is 4.79 Å². The molecule has 1 aliphatic heterocycles. The second kappa shape index (κ2) is 4.98. The Bertz CT molecular complexity index is 873. The van der Waals surface area contributed by atoms with E-state index in [4.69, 9.17) is 9.26 Å². The molecule has 2 heterocycles. The molecule has 1 aliphatic rings. The van der Waals surface area contributed by atoms with E-state index in [1.54, 1.807) is 12.1 Å². The van der Waals surface area contributed by atoms with Gasteiger partial charge in [0.05, 0.1) is 5.56 Å². The van der Waals surface area contributed by atoms with E-state index in [-0.39, 0.29) is 5.97 Å². The lowest BCUT2D eigenvalue weighted by Crippen LogP contribution is -2.37. The third-order valence-electron chi connectivity index (χ3n) is 3.88. The molecular formula is C18H14N2O3. The lowest BCUT2D eigenvalue weighted by molar-refractivity contribution is 0.0210. The van der Waals surface area contributed by atoms with Gasteiger partial charge in [-0.1, -0.05) is 53.7 Å². The fourth-order valence-electron chi connectivity index (χ4n) is 2.88. The van der Waals surface area contributed by atoms with Crippen LogP contribution < -0.4 is 5.32 Å². The van der Waals surface area contributed by atoms with Gasteiger partial charge in [0, 0.05) is 17.2 Å². The van der Waals surface area contributed by atoms with Crippen LogP contribution in [0.5, 0.6) is 0 Å². The van der Waals surface area contributed by atoms with Crippen LogP contribution in [-0.2, 0) is 10.5 Å². The zero-order valence-electron chi connectivity index (χ0n) is 12.4. The number of nitrogens with zero attached hydrogens (tertiary/aromatic N) is 1. The lowest BCUT2D eigenvalue weighted by Gasteiger charge is -2.30. The van der Waals surface area contributed by atoms with Gasteiger partial charge in [-0.3, -0.25) is 0 Å². The Hall–Kier alpha value is -3.08. The Morgan fingerprint density at radius 3 is 2.52 bits per heavy atom. The zero-order valence-corrected chi connectivity index (χ0v) is 12.4. The Morgan fingerprint density at radius 1 is 1.04 bits per heavy atom. The molecule has 3 aromatic rings. The largest absolute Gasteiger partial charge is 0.427 e. The second-order valence-corrected chi connectivity index (χ2v) is 5.43. The SMILES string of the molecule is Cc1cc(N[C@@]2(c3ccccc3)OC(=O)c3ccccc32)no1. The minimum atomic E-state index is -1.11. The van der Waals surface area contributed by atoms with E-state index in [9.17, 15) is 4.79 Å². The molecule has 0 spiro atoms. The van der Waals surface area contributed by atoms with Gasteiger partial charge in [0.15, 0.2) is 5.82 Å². The highest BCUT2D eigenvalue weighted by Crippen LogP contribution is 2.42. The summed E-state index contributed by atoms with van der Waals surface area (Å²) in [6.07, 6.45) is 0. The van der Waals surface area contributed by atoms with Crippen molar-refractivity contribution in [3.8, 4) is 0 Å².